The molecule has 92 valence electrons. The summed E-state index contributed by atoms with van der Waals surface area (Å²) in [6.07, 6.45) is 9.33. The number of allylic oxidation sites excluding steroid dienone is 2. The number of hydrogen-bond acceptors (Lipinski definition) is 2. The molecule has 1 saturated heterocycles. The lowest BCUT2D eigenvalue weighted by Gasteiger charge is -2.07. The minimum atomic E-state index is 0.289. The maximum Gasteiger partial charge on any atom is 0.155 e. The SMILES string of the molecule is CCC(=CC(=O)CCCC1CCCO1)CC. The van der Waals surface area contributed by atoms with Crippen molar-refractivity contribution < 1.29 is 9.53 Å². The van der Waals surface area contributed by atoms with Gasteiger partial charge in [-0.25, -0.2) is 0 Å². The van der Waals surface area contributed by atoms with Gasteiger partial charge in [0.1, 0.15) is 0 Å². The van der Waals surface area contributed by atoms with E-state index >= 15 is 0 Å². The fraction of sp³-hybridized carbons (Fsp3) is 0.786. The molecule has 0 bridgehead atoms. The standard InChI is InChI=1S/C14H24O2/c1-3-12(4-2)11-13(15)7-5-8-14-9-6-10-16-14/h11,14H,3-10H2,1-2H3. The first-order valence-electron chi connectivity index (χ1n) is 6.60. The van der Waals surface area contributed by atoms with Gasteiger partial charge in [-0.15, -0.1) is 0 Å². The van der Waals surface area contributed by atoms with Crippen LogP contribution >= 0.6 is 0 Å². The first-order valence-corrected chi connectivity index (χ1v) is 6.60. The second-order valence-electron chi connectivity index (χ2n) is 4.50. The Hall–Kier alpha value is -0.630. The normalized spacial score (nSPS) is 19.8. The minimum absolute atomic E-state index is 0.289. The number of ketones is 1. The highest BCUT2D eigenvalue weighted by Gasteiger charge is 2.14. The van der Waals surface area contributed by atoms with Crippen LogP contribution in [0.25, 0.3) is 0 Å². The molecule has 0 aliphatic carbocycles. The van der Waals surface area contributed by atoms with Crippen molar-refractivity contribution in [1.29, 1.82) is 0 Å². The van der Waals surface area contributed by atoms with Crippen LogP contribution in [-0.2, 0) is 9.53 Å². The summed E-state index contributed by atoms with van der Waals surface area (Å²) in [6.45, 7) is 5.12. The third-order valence-electron chi connectivity index (χ3n) is 3.25. The van der Waals surface area contributed by atoms with Crippen molar-refractivity contribution >= 4 is 5.78 Å². The zero-order chi connectivity index (χ0) is 11.8. The highest BCUT2D eigenvalue weighted by atomic mass is 16.5. The van der Waals surface area contributed by atoms with Gasteiger partial charge in [-0.1, -0.05) is 19.4 Å². The van der Waals surface area contributed by atoms with Crippen molar-refractivity contribution in [2.45, 2.75) is 64.9 Å². The lowest BCUT2D eigenvalue weighted by Crippen LogP contribution is -2.05. The van der Waals surface area contributed by atoms with E-state index in [1.165, 1.54) is 18.4 Å². The van der Waals surface area contributed by atoms with E-state index in [1.54, 1.807) is 0 Å². The van der Waals surface area contributed by atoms with Crippen LogP contribution in [0, 0.1) is 0 Å². The van der Waals surface area contributed by atoms with Crippen LogP contribution in [0.1, 0.15) is 58.8 Å². The second kappa shape index (κ2) is 7.61. The molecule has 0 spiro atoms. The molecule has 0 N–H and O–H groups in total. The molecule has 2 heteroatoms. The minimum Gasteiger partial charge on any atom is -0.378 e. The number of hydrogen-bond donors (Lipinski definition) is 0. The van der Waals surface area contributed by atoms with Crippen LogP contribution in [0.3, 0.4) is 0 Å². The summed E-state index contributed by atoms with van der Waals surface area (Å²) in [5, 5.41) is 0. The highest BCUT2D eigenvalue weighted by molar-refractivity contribution is 5.90. The van der Waals surface area contributed by atoms with Crippen LogP contribution in [0.4, 0.5) is 0 Å². The average Bonchev–Trinajstić information content (AvgIpc) is 2.79. The first-order chi connectivity index (χ1) is 7.76. The van der Waals surface area contributed by atoms with Crippen LogP contribution < -0.4 is 0 Å². The predicted octanol–water partition coefficient (Wildman–Crippen LogP) is 3.65. The summed E-state index contributed by atoms with van der Waals surface area (Å²) >= 11 is 0. The summed E-state index contributed by atoms with van der Waals surface area (Å²) in [4.78, 5) is 11.6. The monoisotopic (exact) mass is 224 g/mol. The third-order valence-corrected chi connectivity index (χ3v) is 3.25. The van der Waals surface area contributed by atoms with Crippen LogP contribution in [0.5, 0.6) is 0 Å². The Labute approximate surface area is 99.1 Å². The average molecular weight is 224 g/mol. The summed E-state index contributed by atoms with van der Waals surface area (Å²) in [5.74, 6) is 0.289. The second-order valence-corrected chi connectivity index (χ2v) is 4.50. The van der Waals surface area contributed by atoms with Gasteiger partial charge in [0, 0.05) is 13.0 Å². The van der Waals surface area contributed by atoms with Gasteiger partial charge in [-0.3, -0.25) is 4.79 Å². The fourth-order valence-electron chi connectivity index (χ4n) is 2.13. The smallest absolute Gasteiger partial charge is 0.155 e. The number of rotatable bonds is 7. The molecule has 0 aromatic rings. The molecule has 1 unspecified atom stereocenters. The van der Waals surface area contributed by atoms with Gasteiger partial charge in [0.05, 0.1) is 6.10 Å². The summed E-state index contributed by atoms with van der Waals surface area (Å²) in [5.41, 5.74) is 1.27. The largest absolute Gasteiger partial charge is 0.378 e. The molecule has 0 saturated carbocycles. The lowest BCUT2D eigenvalue weighted by atomic mass is 10.0. The fourth-order valence-corrected chi connectivity index (χ4v) is 2.13. The predicted molar refractivity (Wildman–Crippen MR) is 66.5 cm³/mol. The zero-order valence-corrected chi connectivity index (χ0v) is 10.6. The van der Waals surface area contributed by atoms with Gasteiger partial charge in [0.15, 0.2) is 5.78 Å². The van der Waals surface area contributed by atoms with Crippen LogP contribution in [0.15, 0.2) is 11.6 Å². The Morgan fingerprint density at radius 2 is 2.12 bits per heavy atom. The molecule has 0 aromatic carbocycles. The summed E-state index contributed by atoms with van der Waals surface area (Å²) in [7, 11) is 0. The third kappa shape index (κ3) is 4.93. The van der Waals surface area contributed by atoms with E-state index in [4.69, 9.17) is 4.74 Å². The van der Waals surface area contributed by atoms with E-state index in [1.807, 2.05) is 6.08 Å². The van der Waals surface area contributed by atoms with E-state index < -0.39 is 0 Å². The number of carbonyl (C=O) groups excluding carboxylic acids is 1. The number of carbonyl (C=O) groups is 1. The van der Waals surface area contributed by atoms with E-state index in [-0.39, 0.29) is 5.78 Å². The van der Waals surface area contributed by atoms with Crippen molar-refractivity contribution in [3.8, 4) is 0 Å². The summed E-state index contributed by atoms with van der Waals surface area (Å²) < 4.78 is 5.53. The van der Waals surface area contributed by atoms with Crippen molar-refractivity contribution in [2.24, 2.45) is 0 Å². The maximum atomic E-state index is 11.6. The lowest BCUT2D eigenvalue weighted by molar-refractivity contribution is -0.114. The van der Waals surface area contributed by atoms with Gasteiger partial charge < -0.3 is 4.74 Å². The topological polar surface area (TPSA) is 26.3 Å². The van der Waals surface area contributed by atoms with Crippen molar-refractivity contribution in [3.63, 3.8) is 0 Å². The van der Waals surface area contributed by atoms with Crippen molar-refractivity contribution in [1.82, 2.24) is 0 Å². The van der Waals surface area contributed by atoms with Gasteiger partial charge in [-0.2, -0.15) is 0 Å². The molecular formula is C14H24O2. The molecule has 1 atom stereocenters. The van der Waals surface area contributed by atoms with Crippen molar-refractivity contribution in [2.75, 3.05) is 6.61 Å². The van der Waals surface area contributed by atoms with E-state index in [2.05, 4.69) is 13.8 Å². The van der Waals surface area contributed by atoms with Gasteiger partial charge >= 0.3 is 0 Å². The molecular weight excluding hydrogens is 200 g/mol. The van der Waals surface area contributed by atoms with E-state index in [0.29, 0.717) is 12.5 Å². The van der Waals surface area contributed by atoms with Crippen LogP contribution in [-0.4, -0.2) is 18.5 Å². The molecule has 0 amide bonds. The Balaban J connectivity index is 2.16. The quantitative estimate of drug-likeness (QED) is 0.617. The Morgan fingerprint density at radius 3 is 2.69 bits per heavy atom. The molecule has 0 aromatic heterocycles. The van der Waals surface area contributed by atoms with Gasteiger partial charge in [-0.05, 0) is 44.6 Å². The van der Waals surface area contributed by atoms with Crippen molar-refractivity contribution in [3.05, 3.63) is 11.6 Å². The zero-order valence-electron chi connectivity index (χ0n) is 10.6. The van der Waals surface area contributed by atoms with E-state index in [0.717, 1.165) is 32.3 Å². The molecule has 1 aliphatic rings. The molecule has 1 rings (SSSR count). The van der Waals surface area contributed by atoms with Crippen LogP contribution in [0.2, 0.25) is 0 Å². The molecule has 1 aliphatic heterocycles. The molecule has 2 nitrogen and oxygen atoms in total. The first kappa shape index (κ1) is 13.4. The molecule has 16 heavy (non-hydrogen) atoms. The Bertz CT molecular complexity index is 231. The van der Waals surface area contributed by atoms with Gasteiger partial charge in [0.25, 0.3) is 0 Å². The molecule has 1 fully saturated rings. The highest BCUT2D eigenvalue weighted by Crippen LogP contribution is 2.18. The molecule has 1 heterocycles. The molecule has 0 radical (unpaired) electrons. The van der Waals surface area contributed by atoms with E-state index in [9.17, 15) is 4.79 Å². The Kier molecular flexibility index (Phi) is 6.39. The summed E-state index contributed by atoms with van der Waals surface area (Å²) in [6, 6.07) is 0. The number of ether oxygens (including phenoxy) is 1. The maximum absolute atomic E-state index is 11.6. The van der Waals surface area contributed by atoms with Gasteiger partial charge in [0.2, 0.25) is 0 Å². The Morgan fingerprint density at radius 1 is 1.38 bits per heavy atom.